The molecular weight excluding hydrogens is 306 g/mol. The molecule has 0 saturated heterocycles. The summed E-state index contributed by atoms with van der Waals surface area (Å²) in [6.07, 6.45) is 0.0910. The number of halogens is 1. The summed E-state index contributed by atoms with van der Waals surface area (Å²) in [5.74, 6) is 1.34. The lowest BCUT2D eigenvalue weighted by Gasteiger charge is -2.20. The summed E-state index contributed by atoms with van der Waals surface area (Å²) in [4.78, 5) is 12.1. The topological polar surface area (TPSA) is 38.3 Å². The molecule has 0 bridgehead atoms. The molecule has 1 rings (SSSR count). The zero-order valence-corrected chi connectivity index (χ0v) is 14.7. The van der Waals surface area contributed by atoms with Crippen LogP contribution >= 0.6 is 23.4 Å². The van der Waals surface area contributed by atoms with Gasteiger partial charge in [0.25, 0.3) is 5.91 Å². The van der Waals surface area contributed by atoms with Crippen LogP contribution < -0.4 is 10.1 Å². The number of hydrogen-bond donors (Lipinski definition) is 1. The number of carbonyl (C=O) groups is 1. The average Bonchev–Trinajstić information content (AvgIpc) is 2.41. The second-order valence-corrected chi connectivity index (χ2v) is 8.03. The minimum absolute atomic E-state index is 0.0908. The Balaban J connectivity index is 2.45. The summed E-state index contributed by atoms with van der Waals surface area (Å²) in [6, 6.07) is 7.20. The van der Waals surface area contributed by atoms with Crippen molar-refractivity contribution in [2.75, 3.05) is 12.3 Å². The van der Waals surface area contributed by atoms with E-state index in [1.807, 2.05) is 30.8 Å². The van der Waals surface area contributed by atoms with Crippen LogP contribution in [-0.4, -0.2) is 29.1 Å². The summed E-state index contributed by atoms with van der Waals surface area (Å²) in [5.41, 5.74) is 0. The summed E-state index contributed by atoms with van der Waals surface area (Å²) in [7, 11) is 0. The van der Waals surface area contributed by atoms with E-state index in [2.05, 4.69) is 26.1 Å². The van der Waals surface area contributed by atoms with Crippen LogP contribution in [0, 0.1) is 0 Å². The monoisotopic (exact) mass is 329 g/mol. The van der Waals surface area contributed by atoms with Crippen LogP contribution in [0.3, 0.4) is 0 Å². The maximum atomic E-state index is 12.1. The molecule has 1 aromatic carbocycles. The molecule has 1 N–H and O–H groups in total. The maximum Gasteiger partial charge on any atom is 0.261 e. The van der Waals surface area contributed by atoms with Crippen molar-refractivity contribution in [1.82, 2.24) is 5.32 Å². The first-order chi connectivity index (χ1) is 9.83. The lowest BCUT2D eigenvalue weighted by Crippen LogP contribution is -2.39. The van der Waals surface area contributed by atoms with Crippen LogP contribution in [0.5, 0.6) is 5.75 Å². The van der Waals surface area contributed by atoms with Crippen molar-refractivity contribution in [1.29, 1.82) is 0 Å². The van der Waals surface area contributed by atoms with Gasteiger partial charge in [0.05, 0.1) is 5.02 Å². The van der Waals surface area contributed by atoms with Crippen LogP contribution in [0.25, 0.3) is 0 Å². The van der Waals surface area contributed by atoms with E-state index in [9.17, 15) is 4.79 Å². The van der Waals surface area contributed by atoms with Crippen LogP contribution in [-0.2, 0) is 4.79 Å². The van der Waals surface area contributed by atoms with Crippen LogP contribution in [0.15, 0.2) is 24.3 Å². The molecule has 0 radical (unpaired) electrons. The minimum atomic E-state index is -0.510. The Bertz CT molecular complexity index is 460. The van der Waals surface area contributed by atoms with Crippen LogP contribution in [0.4, 0.5) is 0 Å². The van der Waals surface area contributed by atoms with E-state index in [-0.39, 0.29) is 10.7 Å². The Labute approximate surface area is 136 Å². The number of thioether (sulfide) groups is 1. The Morgan fingerprint density at radius 3 is 2.62 bits per heavy atom. The first-order valence-electron chi connectivity index (χ1n) is 7.16. The highest BCUT2D eigenvalue weighted by molar-refractivity contribution is 8.00. The van der Waals surface area contributed by atoms with Gasteiger partial charge in [0.15, 0.2) is 6.10 Å². The highest BCUT2D eigenvalue weighted by Crippen LogP contribution is 2.25. The van der Waals surface area contributed by atoms with E-state index in [0.29, 0.717) is 23.7 Å². The Morgan fingerprint density at radius 1 is 1.38 bits per heavy atom. The molecule has 0 spiro atoms. The molecule has 118 valence electrons. The van der Waals surface area contributed by atoms with Crippen molar-refractivity contribution < 1.29 is 9.53 Å². The molecule has 0 fully saturated rings. The fourth-order valence-corrected chi connectivity index (χ4v) is 2.66. The number of amides is 1. The molecule has 0 aliphatic carbocycles. The van der Waals surface area contributed by atoms with Gasteiger partial charge in [-0.25, -0.2) is 0 Å². The fraction of sp³-hybridized carbons (Fsp3) is 0.562. The Morgan fingerprint density at radius 2 is 2.05 bits per heavy atom. The number of ether oxygens (including phenoxy) is 1. The van der Waals surface area contributed by atoms with Gasteiger partial charge in [0.2, 0.25) is 0 Å². The van der Waals surface area contributed by atoms with Gasteiger partial charge in [-0.15, -0.1) is 0 Å². The standard InChI is InChI=1S/C16H24ClNO2S/c1-5-13(20-14-9-7-6-8-12(14)17)15(19)18-10-11-21-16(2,3)4/h6-9,13H,5,10-11H2,1-4H3,(H,18,19)/t13-/m1/s1. The zero-order valence-electron chi connectivity index (χ0n) is 13.1. The van der Waals surface area contributed by atoms with Gasteiger partial charge in [-0.05, 0) is 18.6 Å². The average molecular weight is 330 g/mol. The molecule has 0 saturated carbocycles. The molecule has 5 heteroatoms. The number of para-hydroxylation sites is 1. The van der Waals surface area contributed by atoms with E-state index in [1.54, 1.807) is 12.1 Å². The van der Waals surface area contributed by atoms with E-state index in [4.69, 9.17) is 16.3 Å². The van der Waals surface area contributed by atoms with Crippen LogP contribution in [0.2, 0.25) is 5.02 Å². The highest BCUT2D eigenvalue weighted by Gasteiger charge is 2.19. The SMILES string of the molecule is CC[C@@H](Oc1ccccc1Cl)C(=O)NCCSC(C)(C)C. The quantitative estimate of drug-likeness (QED) is 0.764. The molecule has 1 amide bonds. The molecular formula is C16H24ClNO2S. The fourth-order valence-electron chi connectivity index (χ4n) is 1.66. The normalized spacial score (nSPS) is 12.8. The van der Waals surface area contributed by atoms with Crippen molar-refractivity contribution in [3.63, 3.8) is 0 Å². The molecule has 0 aromatic heterocycles. The number of nitrogens with one attached hydrogen (secondary N) is 1. The van der Waals surface area contributed by atoms with Crippen molar-refractivity contribution in [2.24, 2.45) is 0 Å². The van der Waals surface area contributed by atoms with Crippen molar-refractivity contribution in [3.05, 3.63) is 29.3 Å². The van der Waals surface area contributed by atoms with Gasteiger partial charge in [-0.2, -0.15) is 11.8 Å². The number of hydrogen-bond acceptors (Lipinski definition) is 3. The molecule has 0 aliphatic rings. The van der Waals surface area contributed by atoms with E-state index in [0.717, 1.165) is 5.75 Å². The molecule has 1 atom stereocenters. The molecule has 1 aromatic rings. The first kappa shape index (κ1) is 18.2. The number of benzene rings is 1. The number of rotatable bonds is 7. The second kappa shape index (κ2) is 8.54. The molecule has 0 unspecified atom stereocenters. The van der Waals surface area contributed by atoms with Gasteiger partial charge in [0.1, 0.15) is 5.75 Å². The lowest BCUT2D eigenvalue weighted by molar-refractivity contribution is -0.127. The largest absolute Gasteiger partial charge is 0.479 e. The Hall–Kier alpha value is -0.870. The van der Waals surface area contributed by atoms with Crippen molar-refractivity contribution >= 4 is 29.3 Å². The zero-order chi connectivity index (χ0) is 15.9. The van der Waals surface area contributed by atoms with Gasteiger partial charge in [-0.3, -0.25) is 4.79 Å². The van der Waals surface area contributed by atoms with E-state index in [1.165, 1.54) is 0 Å². The second-order valence-electron chi connectivity index (χ2n) is 5.70. The third-order valence-electron chi connectivity index (χ3n) is 2.71. The summed E-state index contributed by atoms with van der Waals surface area (Å²) >= 11 is 7.87. The first-order valence-corrected chi connectivity index (χ1v) is 8.52. The summed E-state index contributed by atoms with van der Waals surface area (Å²) in [5, 5.41) is 3.44. The summed E-state index contributed by atoms with van der Waals surface area (Å²) in [6.45, 7) is 9.05. The predicted octanol–water partition coefficient (Wildman–Crippen LogP) is 4.15. The smallest absolute Gasteiger partial charge is 0.261 e. The molecule has 0 heterocycles. The third-order valence-corrected chi connectivity index (χ3v) is 4.29. The number of carbonyl (C=O) groups excluding carboxylic acids is 1. The van der Waals surface area contributed by atoms with Gasteiger partial charge in [0, 0.05) is 17.0 Å². The van der Waals surface area contributed by atoms with Crippen LogP contribution in [0.1, 0.15) is 34.1 Å². The minimum Gasteiger partial charge on any atom is -0.479 e. The predicted molar refractivity (Wildman–Crippen MR) is 91.4 cm³/mol. The highest BCUT2D eigenvalue weighted by atomic mass is 35.5. The van der Waals surface area contributed by atoms with Crippen molar-refractivity contribution in [2.45, 2.75) is 45.0 Å². The maximum absolute atomic E-state index is 12.1. The molecule has 21 heavy (non-hydrogen) atoms. The van der Waals surface area contributed by atoms with E-state index < -0.39 is 6.10 Å². The van der Waals surface area contributed by atoms with Gasteiger partial charge >= 0.3 is 0 Å². The van der Waals surface area contributed by atoms with E-state index >= 15 is 0 Å². The lowest BCUT2D eigenvalue weighted by atomic mass is 10.2. The molecule has 0 aliphatic heterocycles. The van der Waals surface area contributed by atoms with Crippen molar-refractivity contribution in [3.8, 4) is 5.75 Å². The van der Waals surface area contributed by atoms with Gasteiger partial charge < -0.3 is 10.1 Å². The van der Waals surface area contributed by atoms with Gasteiger partial charge in [-0.1, -0.05) is 51.4 Å². The Kier molecular flexibility index (Phi) is 7.40. The molecule has 3 nitrogen and oxygen atoms in total. The summed E-state index contributed by atoms with van der Waals surface area (Å²) < 4.78 is 5.91. The third kappa shape index (κ3) is 7.09.